The van der Waals surface area contributed by atoms with E-state index in [2.05, 4.69) is 0 Å². The van der Waals surface area contributed by atoms with Gasteiger partial charge in [-0.15, -0.1) is 0 Å². The minimum Gasteiger partial charge on any atom is -0.481 e. The Bertz CT molecular complexity index is 530. The minimum atomic E-state index is -0.804. The second-order valence-corrected chi connectivity index (χ2v) is 5.79. The molecule has 1 aliphatic heterocycles. The molecular weight excluding hydrogens is 268 g/mol. The Morgan fingerprint density at radius 1 is 1.37 bits per heavy atom. The van der Waals surface area contributed by atoms with E-state index in [1.807, 2.05) is 4.57 Å². The van der Waals surface area contributed by atoms with Crippen LogP contribution in [0.4, 0.5) is 0 Å². The van der Waals surface area contributed by atoms with Crippen molar-refractivity contribution in [2.24, 2.45) is 5.92 Å². The summed E-state index contributed by atoms with van der Waals surface area (Å²) in [5, 5.41) is 9.28. The van der Waals surface area contributed by atoms with Gasteiger partial charge in [-0.3, -0.25) is 9.59 Å². The maximum Gasteiger partial charge on any atom is 0.303 e. The maximum absolute atomic E-state index is 12.3. The summed E-state index contributed by atoms with van der Waals surface area (Å²) in [5.74, 6) is -0.761. The largest absolute Gasteiger partial charge is 0.481 e. The van der Waals surface area contributed by atoms with Gasteiger partial charge in [-0.25, -0.2) is 0 Å². The van der Waals surface area contributed by atoms with Crippen LogP contribution in [0.5, 0.6) is 0 Å². The normalized spacial score (nSPS) is 19.3. The Hall–Kier alpha value is -1.49. The van der Waals surface area contributed by atoms with E-state index >= 15 is 0 Å². The van der Waals surface area contributed by atoms with Gasteiger partial charge in [-0.2, -0.15) is 0 Å². The summed E-state index contributed by atoms with van der Waals surface area (Å²) < 4.78 is 1.95. The van der Waals surface area contributed by atoms with Crippen molar-refractivity contribution in [1.29, 1.82) is 0 Å². The molecule has 5 nitrogen and oxygen atoms in total. The number of halogens is 1. The molecule has 0 bridgehead atoms. The number of carboxylic acid groups (broad SMARTS) is 1. The van der Waals surface area contributed by atoms with Gasteiger partial charge in [0.15, 0.2) is 0 Å². The fraction of sp³-hybridized carbons (Fsp3) is 0.538. The molecule has 0 aromatic carbocycles. The van der Waals surface area contributed by atoms with Gasteiger partial charge in [0.05, 0.1) is 11.4 Å². The van der Waals surface area contributed by atoms with Gasteiger partial charge < -0.3 is 14.6 Å². The Kier molecular flexibility index (Phi) is 3.01. The first-order chi connectivity index (χ1) is 9.04. The van der Waals surface area contributed by atoms with Crippen molar-refractivity contribution in [2.75, 3.05) is 13.1 Å². The summed E-state index contributed by atoms with van der Waals surface area (Å²) in [6, 6.07) is 2.11. The van der Waals surface area contributed by atoms with Crippen LogP contribution in [0.3, 0.4) is 0 Å². The number of aromatic nitrogens is 1. The second-order valence-electron chi connectivity index (χ2n) is 5.36. The zero-order chi connectivity index (χ0) is 13.6. The molecular formula is C13H15ClN2O3. The molecule has 6 heteroatoms. The summed E-state index contributed by atoms with van der Waals surface area (Å²) in [6.45, 7) is 1.05. The molecule has 102 valence electrons. The van der Waals surface area contributed by atoms with Gasteiger partial charge in [-0.1, -0.05) is 11.6 Å². The number of carbonyl (C=O) groups excluding carboxylic acids is 1. The molecule has 1 amide bonds. The van der Waals surface area contributed by atoms with Gasteiger partial charge in [0.2, 0.25) is 0 Å². The van der Waals surface area contributed by atoms with Crippen molar-refractivity contribution < 1.29 is 14.7 Å². The van der Waals surface area contributed by atoms with E-state index in [1.165, 1.54) is 0 Å². The lowest BCUT2D eigenvalue weighted by Gasteiger charge is -2.38. The van der Waals surface area contributed by atoms with Crippen molar-refractivity contribution in [1.82, 2.24) is 9.47 Å². The number of aliphatic carboxylic acids is 1. The summed E-state index contributed by atoms with van der Waals surface area (Å²) in [7, 11) is 0. The highest BCUT2D eigenvalue weighted by atomic mass is 35.5. The fourth-order valence-corrected chi connectivity index (χ4v) is 2.75. The zero-order valence-corrected chi connectivity index (χ0v) is 11.1. The quantitative estimate of drug-likeness (QED) is 0.919. The first kappa shape index (κ1) is 12.5. The van der Waals surface area contributed by atoms with Crippen LogP contribution >= 0.6 is 11.6 Å². The molecule has 1 aromatic rings. The van der Waals surface area contributed by atoms with E-state index in [0.717, 1.165) is 12.8 Å². The smallest absolute Gasteiger partial charge is 0.303 e. The first-order valence-electron chi connectivity index (χ1n) is 6.43. The third-order valence-corrected chi connectivity index (χ3v) is 3.89. The molecule has 0 radical (unpaired) electrons. The molecule has 1 aliphatic carbocycles. The number of rotatable bonds is 4. The molecule has 0 atom stereocenters. The number of hydrogen-bond donors (Lipinski definition) is 1. The molecule has 2 fully saturated rings. The van der Waals surface area contributed by atoms with Crippen molar-refractivity contribution in [3.63, 3.8) is 0 Å². The predicted octanol–water partition coefficient (Wildman–Crippen LogP) is 2.02. The highest BCUT2D eigenvalue weighted by molar-refractivity contribution is 6.31. The van der Waals surface area contributed by atoms with Crippen LogP contribution < -0.4 is 0 Å². The fourth-order valence-electron chi connectivity index (χ4n) is 2.55. The van der Waals surface area contributed by atoms with Crippen LogP contribution in [0.2, 0.25) is 5.02 Å². The summed E-state index contributed by atoms with van der Waals surface area (Å²) in [5.41, 5.74) is 0.626. The SMILES string of the molecule is O=C(O)CC1CN(C(=O)c2cc(Cl)cn2C2CC2)C1. The van der Waals surface area contributed by atoms with Crippen LogP contribution in [0.25, 0.3) is 0 Å². The Balaban J connectivity index is 1.67. The molecule has 2 heterocycles. The maximum atomic E-state index is 12.3. The van der Waals surface area contributed by atoms with Gasteiger partial charge in [-0.05, 0) is 18.9 Å². The van der Waals surface area contributed by atoms with E-state index in [4.69, 9.17) is 16.7 Å². The van der Waals surface area contributed by atoms with E-state index in [-0.39, 0.29) is 18.2 Å². The summed E-state index contributed by atoms with van der Waals surface area (Å²) in [4.78, 5) is 24.6. The molecule has 3 rings (SSSR count). The van der Waals surface area contributed by atoms with Crippen LogP contribution in [-0.2, 0) is 4.79 Å². The Morgan fingerprint density at radius 2 is 2.05 bits per heavy atom. The van der Waals surface area contributed by atoms with Crippen molar-refractivity contribution >= 4 is 23.5 Å². The van der Waals surface area contributed by atoms with E-state index < -0.39 is 5.97 Å². The lowest BCUT2D eigenvalue weighted by Crippen LogP contribution is -2.51. The van der Waals surface area contributed by atoms with E-state index in [1.54, 1.807) is 17.2 Å². The third-order valence-electron chi connectivity index (χ3n) is 3.68. The van der Waals surface area contributed by atoms with E-state index in [9.17, 15) is 9.59 Å². The van der Waals surface area contributed by atoms with Crippen LogP contribution in [0.15, 0.2) is 12.3 Å². The molecule has 2 aliphatic rings. The van der Waals surface area contributed by atoms with Gasteiger partial charge in [0.25, 0.3) is 5.91 Å². The predicted molar refractivity (Wildman–Crippen MR) is 69.4 cm³/mol. The average Bonchev–Trinajstić information content (AvgIpc) is 3.05. The number of hydrogen-bond acceptors (Lipinski definition) is 2. The first-order valence-corrected chi connectivity index (χ1v) is 6.81. The van der Waals surface area contributed by atoms with Gasteiger partial charge in [0, 0.05) is 31.2 Å². The zero-order valence-electron chi connectivity index (χ0n) is 10.4. The topological polar surface area (TPSA) is 62.5 Å². The molecule has 1 aromatic heterocycles. The average molecular weight is 283 g/mol. The van der Waals surface area contributed by atoms with Gasteiger partial charge in [0.1, 0.15) is 5.69 Å². The number of amides is 1. The lowest BCUT2D eigenvalue weighted by molar-refractivity contribution is -0.139. The molecule has 19 heavy (non-hydrogen) atoms. The van der Waals surface area contributed by atoms with Crippen LogP contribution in [-0.4, -0.2) is 39.5 Å². The van der Waals surface area contributed by atoms with Crippen molar-refractivity contribution in [3.8, 4) is 0 Å². The van der Waals surface area contributed by atoms with Crippen LogP contribution in [0.1, 0.15) is 35.8 Å². The minimum absolute atomic E-state index is 0.0413. The Morgan fingerprint density at radius 3 is 2.63 bits per heavy atom. The van der Waals surface area contributed by atoms with Crippen molar-refractivity contribution in [3.05, 3.63) is 23.0 Å². The highest BCUT2D eigenvalue weighted by Crippen LogP contribution is 2.38. The molecule has 1 saturated heterocycles. The number of carboxylic acids is 1. The van der Waals surface area contributed by atoms with Crippen molar-refractivity contribution in [2.45, 2.75) is 25.3 Å². The van der Waals surface area contributed by atoms with Crippen LogP contribution in [0, 0.1) is 5.92 Å². The number of likely N-dealkylation sites (tertiary alicyclic amines) is 1. The molecule has 0 unspecified atom stereocenters. The Labute approximate surface area is 115 Å². The third kappa shape index (κ3) is 2.47. The molecule has 1 N–H and O–H groups in total. The lowest BCUT2D eigenvalue weighted by atomic mass is 9.96. The van der Waals surface area contributed by atoms with E-state index in [0.29, 0.717) is 29.8 Å². The van der Waals surface area contributed by atoms with Gasteiger partial charge >= 0.3 is 5.97 Å². The number of carbonyl (C=O) groups is 2. The number of nitrogens with zero attached hydrogens (tertiary/aromatic N) is 2. The highest BCUT2D eigenvalue weighted by Gasteiger charge is 2.35. The molecule has 0 spiro atoms. The summed E-state index contributed by atoms with van der Waals surface area (Å²) >= 11 is 5.98. The molecule has 1 saturated carbocycles. The monoisotopic (exact) mass is 282 g/mol. The summed E-state index contributed by atoms with van der Waals surface area (Å²) in [6.07, 6.45) is 4.12. The standard InChI is InChI=1S/C13H15ClN2O3/c14-9-4-11(16(7-9)10-1-2-10)13(19)15-5-8(6-15)3-12(17)18/h4,7-8,10H,1-3,5-6H2,(H,17,18). The second kappa shape index (κ2) is 4.56.